The van der Waals surface area contributed by atoms with Crippen LogP contribution >= 0.6 is 11.6 Å². The van der Waals surface area contributed by atoms with Crippen molar-refractivity contribution in [2.45, 2.75) is 19.4 Å². The van der Waals surface area contributed by atoms with Crippen LogP contribution in [-0.4, -0.2) is 47.9 Å². The molecule has 3 rings (SSSR count). The third kappa shape index (κ3) is 5.46. The molecule has 1 aromatic heterocycles. The van der Waals surface area contributed by atoms with Gasteiger partial charge in [0.2, 0.25) is 11.8 Å². The van der Waals surface area contributed by atoms with Crippen LogP contribution in [0.3, 0.4) is 0 Å². The number of hydrogen-bond donors (Lipinski definition) is 1. The summed E-state index contributed by atoms with van der Waals surface area (Å²) in [6.45, 7) is 3.84. The van der Waals surface area contributed by atoms with Gasteiger partial charge in [0.25, 0.3) is 0 Å². The summed E-state index contributed by atoms with van der Waals surface area (Å²) in [6, 6.07) is 12.3. The smallest absolute Gasteiger partial charge is 0.225 e. The Morgan fingerprint density at radius 1 is 1.21 bits per heavy atom. The van der Waals surface area contributed by atoms with Gasteiger partial charge in [0.15, 0.2) is 0 Å². The molecule has 0 bridgehead atoms. The second kappa shape index (κ2) is 9.39. The number of nitrogens with one attached hydrogen (secondary N) is 1. The van der Waals surface area contributed by atoms with E-state index in [1.165, 1.54) is 6.92 Å². The molecule has 1 saturated heterocycles. The number of pyridine rings is 1. The zero-order valence-electron chi connectivity index (χ0n) is 16.1. The summed E-state index contributed by atoms with van der Waals surface area (Å²) >= 11 is 5.94. The molecular weight excluding hydrogens is 390 g/mol. The largest absolute Gasteiger partial charge is 0.353 e. The van der Waals surface area contributed by atoms with E-state index in [9.17, 15) is 9.59 Å². The SMILES string of the molecule is CC(=O)NC(CC(=O)N1CCN(c2cc(C#N)ccn2)CC1)c1ccc(Cl)cc1. The standard InChI is InChI=1S/C21H22ClN5O2/c1-15(28)25-19(17-2-4-18(22)5-3-17)13-21(29)27-10-8-26(9-11-27)20-12-16(14-23)6-7-24-20/h2-7,12,19H,8-11,13H2,1H3,(H,25,28). The Kier molecular flexibility index (Phi) is 6.68. The summed E-state index contributed by atoms with van der Waals surface area (Å²) in [7, 11) is 0. The van der Waals surface area contributed by atoms with Gasteiger partial charge in [0, 0.05) is 44.3 Å². The first-order chi connectivity index (χ1) is 14.0. The third-order valence-corrected chi connectivity index (χ3v) is 5.11. The van der Waals surface area contributed by atoms with Gasteiger partial charge < -0.3 is 15.1 Å². The van der Waals surface area contributed by atoms with E-state index in [2.05, 4.69) is 21.3 Å². The molecule has 1 aliphatic rings. The number of anilines is 1. The minimum atomic E-state index is -0.399. The minimum Gasteiger partial charge on any atom is -0.353 e. The summed E-state index contributed by atoms with van der Waals surface area (Å²) in [5.41, 5.74) is 1.41. The number of nitrogens with zero attached hydrogens (tertiary/aromatic N) is 4. The Balaban J connectivity index is 1.62. The maximum Gasteiger partial charge on any atom is 0.225 e. The van der Waals surface area contributed by atoms with Crippen molar-refractivity contribution in [3.8, 4) is 6.07 Å². The molecule has 29 heavy (non-hydrogen) atoms. The normalized spacial score (nSPS) is 14.8. The second-order valence-electron chi connectivity index (χ2n) is 6.89. The van der Waals surface area contributed by atoms with Crippen LogP contribution in [0.2, 0.25) is 5.02 Å². The molecule has 0 saturated carbocycles. The van der Waals surface area contributed by atoms with E-state index >= 15 is 0 Å². The van der Waals surface area contributed by atoms with E-state index in [1.54, 1.807) is 35.4 Å². The van der Waals surface area contributed by atoms with Crippen molar-refractivity contribution in [1.82, 2.24) is 15.2 Å². The second-order valence-corrected chi connectivity index (χ2v) is 7.33. The van der Waals surface area contributed by atoms with E-state index in [-0.39, 0.29) is 18.2 Å². The molecule has 1 atom stereocenters. The first-order valence-electron chi connectivity index (χ1n) is 9.37. The number of rotatable bonds is 5. The zero-order chi connectivity index (χ0) is 20.8. The lowest BCUT2D eigenvalue weighted by molar-refractivity contribution is -0.132. The molecule has 1 unspecified atom stereocenters. The number of halogens is 1. The fraction of sp³-hybridized carbons (Fsp3) is 0.333. The molecule has 7 nitrogen and oxygen atoms in total. The predicted octanol–water partition coefficient (Wildman–Crippen LogP) is 2.52. The zero-order valence-corrected chi connectivity index (χ0v) is 16.9. The van der Waals surface area contributed by atoms with Gasteiger partial charge in [-0.15, -0.1) is 0 Å². The first-order valence-corrected chi connectivity index (χ1v) is 9.75. The fourth-order valence-electron chi connectivity index (χ4n) is 3.34. The highest BCUT2D eigenvalue weighted by molar-refractivity contribution is 6.30. The average Bonchev–Trinajstić information content (AvgIpc) is 2.73. The van der Waals surface area contributed by atoms with Crippen LogP contribution in [0.5, 0.6) is 0 Å². The van der Waals surface area contributed by atoms with Crippen LogP contribution < -0.4 is 10.2 Å². The van der Waals surface area contributed by atoms with Gasteiger partial charge in [-0.3, -0.25) is 9.59 Å². The fourth-order valence-corrected chi connectivity index (χ4v) is 3.47. The van der Waals surface area contributed by atoms with E-state index in [1.807, 2.05) is 12.1 Å². The molecule has 1 N–H and O–H groups in total. The van der Waals surface area contributed by atoms with Gasteiger partial charge in [-0.2, -0.15) is 5.26 Å². The number of carbonyl (C=O) groups is 2. The maximum atomic E-state index is 12.8. The summed E-state index contributed by atoms with van der Waals surface area (Å²) in [5, 5.41) is 12.5. The molecule has 0 radical (unpaired) electrons. The molecule has 2 aromatic rings. The molecule has 1 aromatic carbocycles. The summed E-state index contributed by atoms with van der Waals surface area (Å²) in [6.07, 6.45) is 1.80. The van der Waals surface area contributed by atoms with E-state index < -0.39 is 6.04 Å². The van der Waals surface area contributed by atoms with Crippen molar-refractivity contribution in [3.63, 3.8) is 0 Å². The lowest BCUT2D eigenvalue weighted by atomic mass is 10.0. The van der Waals surface area contributed by atoms with Crippen LogP contribution in [0.15, 0.2) is 42.6 Å². The van der Waals surface area contributed by atoms with Gasteiger partial charge in [0.1, 0.15) is 5.82 Å². The molecule has 0 spiro atoms. The highest BCUT2D eigenvalue weighted by Gasteiger charge is 2.25. The van der Waals surface area contributed by atoms with Crippen LogP contribution in [0, 0.1) is 11.3 Å². The Morgan fingerprint density at radius 2 is 1.90 bits per heavy atom. The van der Waals surface area contributed by atoms with Crippen LogP contribution in [-0.2, 0) is 9.59 Å². The number of benzene rings is 1. The topological polar surface area (TPSA) is 89.3 Å². The van der Waals surface area contributed by atoms with Crippen molar-refractivity contribution < 1.29 is 9.59 Å². The highest BCUT2D eigenvalue weighted by atomic mass is 35.5. The predicted molar refractivity (Wildman–Crippen MR) is 110 cm³/mol. The molecule has 150 valence electrons. The van der Waals surface area contributed by atoms with Gasteiger partial charge >= 0.3 is 0 Å². The van der Waals surface area contributed by atoms with Gasteiger partial charge in [-0.05, 0) is 29.8 Å². The lowest BCUT2D eigenvalue weighted by Gasteiger charge is -2.36. The molecule has 8 heteroatoms. The van der Waals surface area contributed by atoms with Gasteiger partial charge in [0.05, 0.1) is 24.1 Å². The van der Waals surface area contributed by atoms with Crippen molar-refractivity contribution >= 4 is 29.2 Å². The average molecular weight is 412 g/mol. The quantitative estimate of drug-likeness (QED) is 0.816. The van der Waals surface area contributed by atoms with Crippen LogP contribution in [0.25, 0.3) is 0 Å². The van der Waals surface area contributed by atoms with Crippen LogP contribution in [0.4, 0.5) is 5.82 Å². The molecule has 2 heterocycles. The Labute approximate surface area is 174 Å². The van der Waals surface area contributed by atoms with Gasteiger partial charge in [-0.1, -0.05) is 23.7 Å². The van der Waals surface area contributed by atoms with Crippen molar-refractivity contribution in [1.29, 1.82) is 5.26 Å². The summed E-state index contributed by atoms with van der Waals surface area (Å²) in [4.78, 5) is 32.6. The number of piperazine rings is 1. The molecule has 1 aliphatic heterocycles. The highest BCUT2D eigenvalue weighted by Crippen LogP contribution is 2.22. The summed E-state index contributed by atoms with van der Waals surface area (Å²) in [5.74, 6) is 0.538. The lowest BCUT2D eigenvalue weighted by Crippen LogP contribution is -2.49. The van der Waals surface area contributed by atoms with Crippen molar-refractivity contribution in [3.05, 3.63) is 58.7 Å². The Hall–Kier alpha value is -3.11. The van der Waals surface area contributed by atoms with E-state index in [0.29, 0.717) is 36.8 Å². The molecular formula is C21H22ClN5O2. The first kappa shape index (κ1) is 20.6. The number of nitriles is 1. The monoisotopic (exact) mass is 411 g/mol. The molecule has 1 fully saturated rings. The van der Waals surface area contributed by atoms with Crippen LogP contribution in [0.1, 0.15) is 30.5 Å². The Bertz CT molecular complexity index is 917. The number of aromatic nitrogens is 1. The van der Waals surface area contributed by atoms with Crippen molar-refractivity contribution in [2.75, 3.05) is 31.1 Å². The molecule has 2 amide bonds. The summed E-state index contributed by atoms with van der Waals surface area (Å²) < 4.78 is 0. The number of amides is 2. The number of hydrogen-bond acceptors (Lipinski definition) is 5. The van der Waals surface area contributed by atoms with Gasteiger partial charge in [-0.25, -0.2) is 4.98 Å². The van der Waals surface area contributed by atoms with E-state index in [4.69, 9.17) is 16.9 Å². The number of carbonyl (C=O) groups excluding carboxylic acids is 2. The van der Waals surface area contributed by atoms with E-state index in [0.717, 1.165) is 11.4 Å². The maximum absolute atomic E-state index is 12.8. The third-order valence-electron chi connectivity index (χ3n) is 4.86. The Morgan fingerprint density at radius 3 is 2.52 bits per heavy atom. The molecule has 0 aliphatic carbocycles. The minimum absolute atomic E-state index is 0.0166. The van der Waals surface area contributed by atoms with Crippen molar-refractivity contribution in [2.24, 2.45) is 0 Å².